The second-order valence-electron chi connectivity index (χ2n) is 4.40. The van der Waals surface area contributed by atoms with Crippen molar-refractivity contribution in [2.75, 3.05) is 0 Å². The molecule has 0 spiro atoms. The lowest BCUT2D eigenvalue weighted by molar-refractivity contribution is 0.0694. The van der Waals surface area contributed by atoms with E-state index in [1.54, 1.807) is 12.1 Å². The molecule has 16 heavy (non-hydrogen) atoms. The molecule has 0 radical (unpaired) electrons. The Bertz CT molecular complexity index is 379. The van der Waals surface area contributed by atoms with Gasteiger partial charge in [0.15, 0.2) is 0 Å². The molecule has 1 fully saturated rings. The van der Waals surface area contributed by atoms with Crippen molar-refractivity contribution in [3.05, 3.63) is 35.4 Å². The van der Waals surface area contributed by atoms with E-state index in [4.69, 9.17) is 5.11 Å². The first-order chi connectivity index (χ1) is 7.68. The number of hydrogen-bond acceptors (Lipinski definition) is 2. The maximum absolute atomic E-state index is 11.1. The normalized spacial score (nSPS) is 25.3. The summed E-state index contributed by atoms with van der Waals surface area (Å²) >= 11 is 0. The molecule has 3 nitrogen and oxygen atoms in total. The molecular formula is C13H16O3. The number of aliphatic hydroxyl groups is 1. The highest BCUT2D eigenvalue weighted by atomic mass is 16.4. The molecule has 0 atom stereocenters. The lowest BCUT2D eigenvalue weighted by Crippen LogP contribution is -2.18. The fraction of sp³-hybridized carbons (Fsp3) is 0.462. The average molecular weight is 220 g/mol. The highest BCUT2D eigenvalue weighted by Gasteiger charge is 2.23. The van der Waals surface area contributed by atoms with Crippen LogP contribution in [0.3, 0.4) is 0 Å². The standard InChI is InChI=1S/C13H16O3/c14-10-7-5-9(6-8-10)11-3-1-2-4-12(11)13(15)16/h1-4,9-10,14H,5-8H2,(H,15,16). The molecule has 2 rings (SSSR count). The van der Waals surface area contributed by atoms with Crippen LogP contribution in [-0.4, -0.2) is 22.3 Å². The summed E-state index contributed by atoms with van der Waals surface area (Å²) < 4.78 is 0. The Hall–Kier alpha value is -1.35. The summed E-state index contributed by atoms with van der Waals surface area (Å²) in [7, 11) is 0. The number of aromatic carboxylic acids is 1. The van der Waals surface area contributed by atoms with Crippen LogP contribution >= 0.6 is 0 Å². The van der Waals surface area contributed by atoms with Crippen LogP contribution in [-0.2, 0) is 0 Å². The van der Waals surface area contributed by atoms with Crippen molar-refractivity contribution < 1.29 is 15.0 Å². The van der Waals surface area contributed by atoms with Gasteiger partial charge >= 0.3 is 5.97 Å². The average Bonchev–Trinajstić information content (AvgIpc) is 2.30. The Morgan fingerprint density at radius 2 is 1.75 bits per heavy atom. The lowest BCUT2D eigenvalue weighted by atomic mass is 9.81. The van der Waals surface area contributed by atoms with Crippen LogP contribution in [0.1, 0.15) is 47.5 Å². The molecule has 1 saturated carbocycles. The van der Waals surface area contributed by atoms with Gasteiger partial charge in [-0.1, -0.05) is 18.2 Å². The number of carboxylic acid groups (broad SMARTS) is 1. The Morgan fingerprint density at radius 3 is 2.38 bits per heavy atom. The van der Waals surface area contributed by atoms with E-state index in [1.807, 2.05) is 12.1 Å². The molecule has 0 heterocycles. The van der Waals surface area contributed by atoms with Crippen LogP contribution in [0.2, 0.25) is 0 Å². The summed E-state index contributed by atoms with van der Waals surface area (Å²) in [4.78, 5) is 11.1. The SMILES string of the molecule is O=C(O)c1ccccc1C1CCC(O)CC1. The molecular weight excluding hydrogens is 204 g/mol. The summed E-state index contributed by atoms with van der Waals surface area (Å²) in [6.07, 6.45) is 3.11. The third-order valence-corrected chi connectivity index (χ3v) is 3.33. The van der Waals surface area contributed by atoms with E-state index in [-0.39, 0.29) is 12.0 Å². The van der Waals surface area contributed by atoms with Gasteiger partial charge in [0, 0.05) is 0 Å². The van der Waals surface area contributed by atoms with Crippen molar-refractivity contribution >= 4 is 5.97 Å². The van der Waals surface area contributed by atoms with Crippen molar-refractivity contribution in [3.63, 3.8) is 0 Å². The minimum absolute atomic E-state index is 0.201. The second kappa shape index (κ2) is 4.66. The van der Waals surface area contributed by atoms with Crippen LogP contribution < -0.4 is 0 Å². The first-order valence-corrected chi connectivity index (χ1v) is 5.68. The third-order valence-electron chi connectivity index (χ3n) is 3.33. The smallest absolute Gasteiger partial charge is 0.335 e. The zero-order valence-electron chi connectivity index (χ0n) is 9.10. The molecule has 2 N–H and O–H groups in total. The van der Waals surface area contributed by atoms with Gasteiger partial charge in [-0.2, -0.15) is 0 Å². The highest BCUT2D eigenvalue weighted by molar-refractivity contribution is 5.89. The first kappa shape index (κ1) is 11.1. The van der Waals surface area contributed by atoms with Gasteiger partial charge < -0.3 is 10.2 Å². The van der Waals surface area contributed by atoms with E-state index in [2.05, 4.69) is 0 Å². The number of benzene rings is 1. The number of carboxylic acids is 1. The molecule has 1 aliphatic rings. The Kier molecular flexibility index (Phi) is 3.25. The summed E-state index contributed by atoms with van der Waals surface area (Å²) in [5, 5.41) is 18.5. The van der Waals surface area contributed by atoms with E-state index in [0.29, 0.717) is 5.56 Å². The van der Waals surface area contributed by atoms with E-state index < -0.39 is 5.97 Å². The van der Waals surface area contributed by atoms with Crippen molar-refractivity contribution in [1.82, 2.24) is 0 Å². The van der Waals surface area contributed by atoms with Crippen LogP contribution in [0.4, 0.5) is 0 Å². The molecule has 1 aliphatic carbocycles. The van der Waals surface area contributed by atoms with E-state index in [1.165, 1.54) is 0 Å². The molecule has 0 aliphatic heterocycles. The Morgan fingerprint density at radius 1 is 1.12 bits per heavy atom. The van der Waals surface area contributed by atoms with Crippen molar-refractivity contribution in [2.24, 2.45) is 0 Å². The summed E-state index contributed by atoms with van der Waals surface area (Å²) in [5.74, 6) is -0.572. The molecule has 3 heteroatoms. The largest absolute Gasteiger partial charge is 0.478 e. The zero-order valence-corrected chi connectivity index (χ0v) is 9.10. The predicted molar refractivity (Wildman–Crippen MR) is 60.6 cm³/mol. The van der Waals surface area contributed by atoms with Crippen molar-refractivity contribution in [1.29, 1.82) is 0 Å². The topological polar surface area (TPSA) is 57.5 Å². The quantitative estimate of drug-likeness (QED) is 0.804. The fourth-order valence-corrected chi connectivity index (χ4v) is 2.43. The first-order valence-electron chi connectivity index (χ1n) is 5.68. The number of rotatable bonds is 2. The van der Waals surface area contributed by atoms with Gasteiger partial charge in [-0.15, -0.1) is 0 Å². The van der Waals surface area contributed by atoms with Gasteiger partial charge in [-0.25, -0.2) is 4.79 Å². The summed E-state index contributed by atoms with van der Waals surface area (Å²) in [6.45, 7) is 0. The highest BCUT2D eigenvalue weighted by Crippen LogP contribution is 2.34. The molecule has 0 unspecified atom stereocenters. The minimum Gasteiger partial charge on any atom is -0.478 e. The number of carbonyl (C=O) groups is 1. The fourth-order valence-electron chi connectivity index (χ4n) is 2.43. The summed E-state index contributed by atoms with van der Waals surface area (Å²) in [5.41, 5.74) is 1.32. The Labute approximate surface area is 94.7 Å². The monoisotopic (exact) mass is 220 g/mol. The van der Waals surface area contributed by atoms with Crippen LogP contribution in [0.15, 0.2) is 24.3 Å². The minimum atomic E-state index is -0.860. The zero-order chi connectivity index (χ0) is 11.5. The van der Waals surface area contributed by atoms with Gasteiger partial charge in [-0.3, -0.25) is 0 Å². The maximum atomic E-state index is 11.1. The van der Waals surface area contributed by atoms with Crippen LogP contribution in [0.5, 0.6) is 0 Å². The summed E-state index contributed by atoms with van der Waals surface area (Å²) in [6, 6.07) is 7.19. The molecule has 1 aromatic rings. The third kappa shape index (κ3) is 2.25. The van der Waals surface area contributed by atoms with Crippen LogP contribution in [0, 0.1) is 0 Å². The van der Waals surface area contributed by atoms with Crippen molar-refractivity contribution in [3.8, 4) is 0 Å². The van der Waals surface area contributed by atoms with E-state index in [0.717, 1.165) is 31.2 Å². The van der Waals surface area contributed by atoms with Crippen LogP contribution in [0.25, 0.3) is 0 Å². The predicted octanol–water partition coefficient (Wildman–Crippen LogP) is 2.40. The van der Waals surface area contributed by atoms with E-state index >= 15 is 0 Å². The Balaban J connectivity index is 2.23. The van der Waals surface area contributed by atoms with E-state index in [9.17, 15) is 9.90 Å². The maximum Gasteiger partial charge on any atom is 0.335 e. The second-order valence-corrected chi connectivity index (χ2v) is 4.40. The molecule has 86 valence electrons. The van der Waals surface area contributed by atoms with Gasteiger partial charge in [0.2, 0.25) is 0 Å². The molecule has 0 bridgehead atoms. The van der Waals surface area contributed by atoms with Gasteiger partial charge in [-0.05, 0) is 43.2 Å². The molecule has 0 saturated heterocycles. The van der Waals surface area contributed by atoms with Gasteiger partial charge in [0.1, 0.15) is 0 Å². The molecule has 1 aromatic carbocycles. The van der Waals surface area contributed by atoms with Crippen molar-refractivity contribution in [2.45, 2.75) is 37.7 Å². The number of aliphatic hydroxyl groups excluding tert-OH is 1. The molecule has 0 aromatic heterocycles. The van der Waals surface area contributed by atoms with Gasteiger partial charge in [0.05, 0.1) is 11.7 Å². The number of hydrogen-bond donors (Lipinski definition) is 2. The lowest BCUT2D eigenvalue weighted by Gasteiger charge is -2.26. The molecule has 0 amide bonds. The van der Waals surface area contributed by atoms with Gasteiger partial charge in [0.25, 0.3) is 0 Å².